The van der Waals surface area contributed by atoms with Gasteiger partial charge in [-0.15, -0.1) is 0 Å². The first-order chi connectivity index (χ1) is 10.4. The smallest absolute Gasteiger partial charge is 0.277 e. The molecule has 0 aliphatic rings. The van der Waals surface area contributed by atoms with Crippen LogP contribution in [-0.2, 0) is 6.54 Å². The zero-order valence-electron chi connectivity index (χ0n) is 12.3. The molecule has 114 valence electrons. The number of rotatable bonds is 5. The van der Waals surface area contributed by atoms with E-state index >= 15 is 0 Å². The predicted molar refractivity (Wildman–Crippen MR) is 80.9 cm³/mol. The first kappa shape index (κ1) is 15.6. The summed E-state index contributed by atoms with van der Waals surface area (Å²) in [5.74, 6) is -0.357. The summed E-state index contributed by atoms with van der Waals surface area (Å²) in [6, 6.07) is 7.32. The van der Waals surface area contributed by atoms with Gasteiger partial charge < -0.3 is 0 Å². The third kappa shape index (κ3) is 3.08. The van der Waals surface area contributed by atoms with E-state index in [0.29, 0.717) is 24.2 Å². The van der Waals surface area contributed by atoms with Crippen molar-refractivity contribution < 1.29 is 9.72 Å². The first-order valence-electron chi connectivity index (χ1n) is 6.82. The van der Waals surface area contributed by atoms with Crippen molar-refractivity contribution in [1.82, 2.24) is 9.78 Å². The third-order valence-corrected chi connectivity index (χ3v) is 3.14. The van der Waals surface area contributed by atoms with E-state index in [-0.39, 0.29) is 17.0 Å². The fourth-order valence-electron chi connectivity index (χ4n) is 2.08. The maximum Gasteiger partial charge on any atom is 0.277 e. The van der Waals surface area contributed by atoms with Gasteiger partial charge in [0, 0.05) is 24.2 Å². The second kappa shape index (κ2) is 6.30. The van der Waals surface area contributed by atoms with Crippen LogP contribution in [0.25, 0.3) is 11.3 Å². The zero-order valence-corrected chi connectivity index (χ0v) is 12.3. The highest BCUT2D eigenvalue weighted by Gasteiger charge is 2.14. The van der Waals surface area contributed by atoms with Crippen LogP contribution in [0, 0.1) is 10.1 Å². The Labute approximate surface area is 126 Å². The minimum atomic E-state index is -0.503. The van der Waals surface area contributed by atoms with Crippen molar-refractivity contribution in [2.24, 2.45) is 0 Å². The first-order valence-corrected chi connectivity index (χ1v) is 6.82. The van der Waals surface area contributed by atoms with Gasteiger partial charge in [-0.05, 0) is 19.4 Å². The molecule has 1 aromatic carbocycles. The van der Waals surface area contributed by atoms with Gasteiger partial charge in [0.15, 0.2) is 5.78 Å². The number of carbonyl (C=O) groups excluding carboxylic acids is 1. The Hall–Kier alpha value is -2.83. The van der Waals surface area contributed by atoms with Crippen LogP contribution in [0.5, 0.6) is 0 Å². The molecule has 2 rings (SSSR count). The summed E-state index contributed by atoms with van der Waals surface area (Å²) in [7, 11) is 0. The van der Waals surface area contributed by atoms with Gasteiger partial charge in [-0.3, -0.25) is 19.7 Å². The van der Waals surface area contributed by atoms with Crippen LogP contribution >= 0.6 is 0 Å². The van der Waals surface area contributed by atoms with Gasteiger partial charge >= 0.3 is 0 Å². The van der Waals surface area contributed by atoms with Gasteiger partial charge in [-0.2, -0.15) is 5.10 Å². The van der Waals surface area contributed by atoms with E-state index in [0.717, 1.165) is 0 Å². The molecular weight excluding hydrogens is 286 g/mol. The largest absolute Gasteiger partial charge is 0.294 e. The topological polar surface area (TPSA) is 95.1 Å². The number of nitro groups is 1. The zero-order chi connectivity index (χ0) is 16.3. The monoisotopic (exact) mass is 301 g/mol. The molecule has 1 aromatic heterocycles. The van der Waals surface area contributed by atoms with Gasteiger partial charge in [0.1, 0.15) is 0 Å². The number of aryl methyl sites for hydroxylation is 1. The van der Waals surface area contributed by atoms with Crippen LogP contribution in [0.1, 0.15) is 30.6 Å². The van der Waals surface area contributed by atoms with Gasteiger partial charge in [0.2, 0.25) is 0 Å². The maximum absolute atomic E-state index is 12.1. The number of nitrogens with zero attached hydrogens (tertiary/aromatic N) is 3. The second-order valence-electron chi connectivity index (χ2n) is 4.84. The normalized spacial score (nSPS) is 10.5. The molecule has 0 saturated carbocycles. The van der Waals surface area contributed by atoms with Crippen molar-refractivity contribution in [3.05, 3.63) is 56.4 Å². The maximum atomic E-state index is 12.1. The average Bonchev–Trinajstić information content (AvgIpc) is 2.49. The lowest BCUT2D eigenvalue weighted by molar-refractivity contribution is -0.384. The Bertz CT molecular complexity index is 796. The summed E-state index contributed by atoms with van der Waals surface area (Å²) in [5.41, 5.74) is 0.369. The third-order valence-electron chi connectivity index (χ3n) is 3.14. The molecule has 0 atom stereocenters. The lowest BCUT2D eigenvalue weighted by Crippen LogP contribution is -2.28. The number of nitro benzene ring substituents is 1. The molecule has 0 aliphatic carbocycles. The van der Waals surface area contributed by atoms with Crippen molar-refractivity contribution in [2.45, 2.75) is 26.8 Å². The highest BCUT2D eigenvalue weighted by atomic mass is 16.6. The van der Waals surface area contributed by atoms with Crippen molar-refractivity contribution in [2.75, 3.05) is 0 Å². The predicted octanol–water partition coefficient (Wildman–Crippen LogP) is 2.43. The molecule has 0 bridgehead atoms. The lowest BCUT2D eigenvalue weighted by Gasteiger charge is -2.08. The molecule has 0 saturated heterocycles. The van der Waals surface area contributed by atoms with E-state index in [9.17, 15) is 19.7 Å². The van der Waals surface area contributed by atoms with Gasteiger partial charge in [-0.1, -0.05) is 19.1 Å². The van der Waals surface area contributed by atoms with Crippen molar-refractivity contribution in [3.63, 3.8) is 0 Å². The molecule has 7 nitrogen and oxygen atoms in total. The van der Waals surface area contributed by atoms with Crippen molar-refractivity contribution in [3.8, 4) is 11.3 Å². The summed E-state index contributed by atoms with van der Waals surface area (Å²) in [6.07, 6.45) is 0.683. The minimum absolute atomic E-state index is 0.0324. The Morgan fingerprint density at radius 2 is 2.09 bits per heavy atom. The number of Topliss-reactive ketones (excluding diaryl/α,β-unsaturated/α-hetero) is 1. The minimum Gasteiger partial charge on any atom is -0.294 e. The molecule has 0 aliphatic heterocycles. The fourth-order valence-corrected chi connectivity index (χ4v) is 2.08. The van der Waals surface area contributed by atoms with E-state index in [4.69, 9.17) is 0 Å². The van der Waals surface area contributed by atoms with Crippen LogP contribution in [0.2, 0.25) is 0 Å². The quantitative estimate of drug-likeness (QED) is 0.480. The van der Waals surface area contributed by atoms with Crippen LogP contribution in [0.4, 0.5) is 5.69 Å². The van der Waals surface area contributed by atoms with Gasteiger partial charge in [-0.25, -0.2) is 4.68 Å². The molecule has 0 unspecified atom stereocenters. The number of ketones is 1. The van der Waals surface area contributed by atoms with Crippen LogP contribution in [0.15, 0.2) is 35.1 Å². The number of aromatic nitrogens is 2. The second-order valence-corrected chi connectivity index (χ2v) is 4.84. The summed E-state index contributed by atoms with van der Waals surface area (Å²) in [5, 5.41) is 15.1. The lowest BCUT2D eigenvalue weighted by atomic mass is 10.1. The van der Waals surface area contributed by atoms with E-state index in [1.165, 1.54) is 35.9 Å². The summed E-state index contributed by atoms with van der Waals surface area (Å²) in [4.78, 5) is 34.1. The highest BCUT2D eigenvalue weighted by Crippen LogP contribution is 2.22. The molecule has 0 radical (unpaired) electrons. The Kier molecular flexibility index (Phi) is 4.45. The van der Waals surface area contributed by atoms with E-state index in [1.54, 1.807) is 6.07 Å². The van der Waals surface area contributed by atoms with Crippen LogP contribution in [0.3, 0.4) is 0 Å². The van der Waals surface area contributed by atoms with Crippen LogP contribution in [-0.4, -0.2) is 20.5 Å². The molecule has 0 amide bonds. The standard InChI is InChI=1S/C15H15N3O4/c1-3-7-17-15(20)13(10(2)19)9-14(16-17)11-5-4-6-12(8-11)18(21)22/h4-6,8-9H,3,7H2,1-2H3. The molecule has 0 N–H and O–H groups in total. The molecule has 0 fully saturated rings. The molecule has 7 heteroatoms. The van der Waals surface area contributed by atoms with Gasteiger partial charge in [0.05, 0.1) is 16.2 Å². The fraction of sp³-hybridized carbons (Fsp3) is 0.267. The van der Waals surface area contributed by atoms with Crippen LogP contribution < -0.4 is 5.56 Å². The molecule has 2 aromatic rings. The van der Waals surface area contributed by atoms with Crippen molar-refractivity contribution in [1.29, 1.82) is 0 Å². The average molecular weight is 301 g/mol. The molecule has 22 heavy (non-hydrogen) atoms. The number of hydrogen-bond donors (Lipinski definition) is 0. The molecule has 1 heterocycles. The Morgan fingerprint density at radius 3 is 2.68 bits per heavy atom. The number of hydrogen-bond acceptors (Lipinski definition) is 5. The van der Waals surface area contributed by atoms with E-state index < -0.39 is 10.5 Å². The summed E-state index contributed by atoms with van der Waals surface area (Å²) >= 11 is 0. The van der Waals surface area contributed by atoms with Gasteiger partial charge in [0.25, 0.3) is 11.2 Å². The summed E-state index contributed by atoms with van der Waals surface area (Å²) < 4.78 is 1.23. The number of non-ortho nitro benzene ring substituents is 1. The van der Waals surface area contributed by atoms with E-state index in [1.807, 2.05) is 6.92 Å². The number of carbonyl (C=O) groups is 1. The Morgan fingerprint density at radius 1 is 1.36 bits per heavy atom. The molecular formula is C15H15N3O4. The molecule has 0 spiro atoms. The summed E-state index contributed by atoms with van der Waals surface area (Å²) in [6.45, 7) is 3.58. The highest BCUT2D eigenvalue weighted by molar-refractivity contribution is 5.94. The van der Waals surface area contributed by atoms with E-state index in [2.05, 4.69) is 5.10 Å². The van der Waals surface area contributed by atoms with Crippen molar-refractivity contribution >= 4 is 11.5 Å². The Balaban J connectivity index is 2.64. The number of benzene rings is 1. The SMILES string of the molecule is CCCn1nc(-c2cccc([N+](=O)[O-])c2)cc(C(C)=O)c1=O.